The Kier molecular flexibility index (Phi) is 4.97. The van der Waals surface area contributed by atoms with Gasteiger partial charge in [-0.2, -0.15) is 0 Å². The Morgan fingerprint density at radius 3 is 2.30 bits per heavy atom. The van der Waals surface area contributed by atoms with Gasteiger partial charge < -0.3 is 4.74 Å². The van der Waals surface area contributed by atoms with Gasteiger partial charge in [-0.3, -0.25) is 0 Å². The monoisotopic (exact) mass is 408 g/mol. The highest BCUT2D eigenvalue weighted by atomic mass is 127. The molecule has 0 spiro atoms. The Hall–Kier alpha value is 0.0600. The van der Waals surface area contributed by atoms with Crippen LogP contribution < -0.4 is 0 Å². The summed E-state index contributed by atoms with van der Waals surface area (Å²) in [5.41, 5.74) is 1.03. The van der Waals surface area contributed by atoms with Gasteiger partial charge in [0.05, 0.1) is 9.26 Å². The van der Waals surface area contributed by atoms with E-state index in [0.717, 1.165) is 47.2 Å². The lowest BCUT2D eigenvalue weighted by atomic mass is 9.70. The van der Waals surface area contributed by atoms with Gasteiger partial charge >= 0.3 is 0 Å². The van der Waals surface area contributed by atoms with Gasteiger partial charge in [0, 0.05) is 7.11 Å². The molecule has 1 aliphatic rings. The lowest BCUT2D eigenvalue weighted by molar-refractivity contribution is -0.0730. The molecule has 0 radical (unpaired) electrons. The second-order valence-electron chi connectivity index (χ2n) is 6.31. The lowest BCUT2D eigenvalue weighted by Crippen LogP contribution is -2.38. The maximum absolute atomic E-state index is 6.28. The number of aromatic nitrogens is 2. The molecule has 0 amide bonds. The standard InChI is InChI=1S/C15H22ClIN2O/c1-5-10-11(17)12(16)19-13(18-10)15(20-4)8-6-14(2,3)7-9-15/h5-9H2,1-4H3. The minimum absolute atomic E-state index is 0.368. The number of halogens is 2. The van der Waals surface area contributed by atoms with Crippen LogP contribution in [-0.4, -0.2) is 17.1 Å². The fraction of sp³-hybridized carbons (Fsp3) is 0.733. The maximum Gasteiger partial charge on any atom is 0.162 e. The minimum Gasteiger partial charge on any atom is -0.370 e. The molecule has 112 valence electrons. The molecule has 0 aliphatic heterocycles. The van der Waals surface area contributed by atoms with Gasteiger partial charge in [0.2, 0.25) is 0 Å². The molecule has 1 fully saturated rings. The van der Waals surface area contributed by atoms with Gasteiger partial charge in [0.15, 0.2) is 5.82 Å². The number of aryl methyl sites for hydroxylation is 1. The summed E-state index contributed by atoms with van der Waals surface area (Å²) in [6.45, 7) is 6.71. The van der Waals surface area contributed by atoms with Crippen LogP contribution in [0.4, 0.5) is 0 Å². The molecular weight excluding hydrogens is 387 g/mol. The van der Waals surface area contributed by atoms with Crippen LogP contribution in [-0.2, 0) is 16.8 Å². The second-order valence-corrected chi connectivity index (χ2v) is 7.75. The van der Waals surface area contributed by atoms with E-state index in [-0.39, 0.29) is 5.60 Å². The fourth-order valence-corrected chi connectivity index (χ4v) is 3.56. The van der Waals surface area contributed by atoms with Crippen LogP contribution in [0.25, 0.3) is 0 Å². The van der Waals surface area contributed by atoms with Crippen molar-refractivity contribution in [2.24, 2.45) is 5.41 Å². The van der Waals surface area contributed by atoms with Crippen molar-refractivity contribution in [1.29, 1.82) is 0 Å². The molecule has 0 N–H and O–H groups in total. The van der Waals surface area contributed by atoms with Crippen LogP contribution in [0.1, 0.15) is 58.0 Å². The average Bonchev–Trinajstić information content (AvgIpc) is 2.42. The molecule has 0 unspecified atom stereocenters. The van der Waals surface area contributed by atoms with Crippen molar-refractivity contribution >= 4 is 34.2 Å². The van der Waals surface area contributed by atoms with Crippen LogP contribution in [0.15, 0.2) is 0 Å². The van der Waals surface area contributed by atoms with Gasteiger partial charge in [-0.05, 0) is 60.1 Å². The first-order valence-corrected chi connectivity index (χ1v) is 8.57. The number of methoxy groups -OCH3 is 1. The van der Waals surface area contributed by atoms with Crippen molar-refractivity contribution in [2.75, 3.05) is 7.11 Å². The molecule has 0 atom stereocenters. The Morgan fingerprint density at radius 2 is 1.80 bits per heavy atom. The van der Waals surface area contributed by atoms with Crippen molar-refractivity contribution in [3.05, 3.63) is 20.2 Å². The Morgan fingerprint density at radius 1 is 1.20 bits per heavy atom. The van der Waals surface area contributed by atoms with E-state index in [2.05, 4.69) is 48.3 Å². The predicted molar refractivity (Wildman–Crippen MR) is 90.1 cm³/mol. The summed E-state index contributed by atoms with van der Waals surface area (Å²) >= 11 is 8.49. The first kappa shape index (κ1) is 16.4. The van der Waals surface area contributed by atoms with E-state index in [0.29, 0.717) is 10.6 Å². The summed E-state index contributed by atoms with van der Waals surface area (Å²) in [4.78, 5) is 9.26. The molecule has 3 nitrogen and oxygen atoms in total. The summed E-state index contributed by atoms with van der Waals surface area (Å²) in [5.74, 6) is 0.762. The Bertz CT molecular complexity index is 495. The summed E-state index contributed by atoms with van der Waals surface area (Å²) in [5, 5.41) is 0.550. The largest absolute Gasteiger partial charge is 0.370 e. The van der Waals surface area contributed by atoms with Crippen molar-refractivity contribution in [1.82, 2.24) is 9.97 Å². The van der Waals surface area contributed by atoms with Crippen molar-refractivity contribution in [3.63, 3.8) is 0 Å². The van der Waals surface area contributed by atoms with Gasteiger partial charge in [-0.1, -0.05) is 32.4 Å². The molecule has 0 aromatic carbocycles. The number of rotatable bonds is 3. The Labute approximate surface area is 140 Å². The van der Waals surface area contributed by atoms with Crippen LogP contribution in [0.2, 0.25) is 5.15 Å². The molecule has 1 aliphatic carbocycles. The first-order valence-electron chi connectivity index (χ1n) is 7.11. The highest BCUT2D eigenvalue weighted by molar-refractivity contribution is 14.1. The molecule has 5 heteroatoms. The number of hydrogen-bond donors (Lipinski definition) is 0. The van der Waals surface area contributed by atoms with Crippen LogP contribution in [0, 0.1) is 8.99 Å². The summed E-state index contributed by atoms with van der Waals surface area (Å²) in [7, 11) is 1.76. The third kappa shape index (κ3) is 3.12. The first-order chi connectivity index (χ1) is 9.33. The zero-order valence-corrected chi connectivity index (χ0v) is 15.5. The number of hydrogen-bond acceptors (Lipinski definition) is 3. The predicted octanol–water partition coefficient (Wildman–Crippen LogP) is 4.74. The maximum atomic E-state index is 6.28. The topological polar surface area (TPSA) is 35.0 Å². The molecule has 2 rings (SSSR count). The highest BCUT2D eigenvalue weighted by Crippen LogP contribution is 2.46. The van der Waals surface area contributed by atoms with E-state index in [1.54, 1.807) is 7.11 Å². The highest BCUT2D eigenvalue weighted by Gasteiger charge is 2.42. The second kappa shape index (κ2) is 6.05. The molecule has 0 saturated heterocycles. The third-order valence-electron chi connectivity index (χ3n) is 4.42. The average molecular weight is 409 g/mol. The smallest absolute Gasteiger partial charge is 0.162 e. The van der Waals surface area contributed by atoms with Crippen molar-refractivity contribution < 1.29 is 4.74 Å². The van der Waals surface area contributed by atoms with E-state index in [9.17, 15) is 0 Å². The SMILES string of the molecule is CCc1nc(C2(OC)CCC(C)(C)CC2)nc(Cl)c1I. The molecular formula is C15H22ClIN2O. The minimum atomic E-state index is -0.368. The van der Waals surface area contributed by atoms with Gasteiger partial charge in [0.1, 0.15) is 10.8 Å². The molecule has 0 bridgehead atoms. The van der Waals surface area contributed by atoms with Gasteiger partial charge in [-0.15, -0.1) is 0 Å². The summed E-state index contributed by atoms with van der Waals surface area (Å²) in [6, 6.07) is 0. The quantitative estimate of drug-likeness (QED) is 0.535. The van der Waals surface area contributed by atoms with E-state index in [1.165, 1.54) is 0 Å². The molecule has 1 saturated carbocycles. The molecule has 1 aromatic heterocycles. The van der Waals surface area contributed by atoms with Crippen LogP contribution >= 0.6 is 34.2 Å². The Balaban J connectivity index is 2.40. The van der Waals surface area contributed by atoms with Crippen LogP contribution in [0.5, 0.6) is 0 Å². The third-order valence-corrected chi connectivity index (χ3v) is 6.15. The van der Waals surface area contributed by atoms with E-state index < -0.39 is 0 Å². The van der Waals surface area contributed by atoms with E-state index in [4.69, 9.17) is 21.3 Å². The summed E-state index contributed by atoms with van der Waals surface area (Å²) < 4.78 is 6.82. The molecule has 1 aromatic rings. The lowest BCUT2D eigenvalue weighted by Gasteiger charge is -2.41. The van der Waals surface area contributed by atoms with E-state index in [1.807, 2.05) is 0 Å². The fourth-order valence-electron chi connectivity index (χ4n) is 2.75. The zero-order valence-electron chi connectivity index (χ0n) is 12.6. The number of nitrogens with zero attached hydrogens (tertiary/aromatic N) is 2. The van der Waals surface area contributed by atoms with Gasteiger partial charge in [0.25, 0.3) is 0 Å². The van der Waals surface area contributed by atoms with Crippen LogP contribution in [0.3, 0.4) is 0 Å². The van der Waals surface area contributed by atoms with E-state index >= 15 is 0 Å². The normalized spacial score (nSPS) is 20.9. The number of ether oxygens (including phenoxy) is 1. The molecule has 1 heterocycles. The van der Waals surface area contributed by atoms with Crippen molar-refractivity contribution in [3.8, 4) is 0 Å². The summed E-state index contributed by atoms with van der Waals surface area (Å²) in [6.07, 6.45) is 5.01. The van der Waals surface area contributed by atoms with Crippen molar-refractivity contribution in [2.45, 2.75) is 58.5 Å². The zero-order chi connectivity index (χ0) is 15.0. The van der Waals surface area contributed by atoms with Gasteiger partial charge in [-0.25, -0.2) is 9.97 Å². The molecule has 20 heavy (non-hydrogen) atoms.